The van der Waals surface area contributed by atoms with Crippen LogP contribution >= 0.6 is 0 Å². The predicted octanol–water partition coefficient (Wildman–Crippen LogP) is 3.03. The molecule has 1 aliphatic rings. The molecular weight excluding hydrogens is 306 g/mol. The summed E-state index contributed by atoms with van der Waals surface area (Å²) in [6, 6.07) is 11.8. The highest BCUT2D eigenvalue weighted by Crippen LogP contribution is 2.26. The SMILES string of the molecule is CC(=O)Nc1ccc(N/N=C2/C=Cc3cccc(O)c3C2=O)cc1. The van der Waals surface area contributed by atoms with Gasteiger partial charge >= 0.3 is 0 Å². The number of aromatic hydroxyl groups is 1. The smallest absolute Gasteiger partial charge is 0.221 e. The first-order chi connectivity index (χ1) is 11.5. The molecule has 24 heavy (non-hydrogen) atoms. The molecule has 1 aliphatic carbocycles. The number of benzene rings is 2. The third-order valence-electron chi connectivity index (χ3n) is 3.47. The molecule has 0 fully saturated rings. The molecule has 0 atom stereocenters. The Kier molecular flexibility index (Phi) is 4.11. The van der Waals surface area contributed by atoms with Crippen LogP contribution < -0.4 is 10.7 Å². The number of Topliss-reactive ketones (excluding diaryl/α,β-unsaturated/α-hetero) is 1. The molecule has 0 heterocycles. The molecular formula is C18H15N3O3. The lowest BCUT2D eigenvalue weighted by Crippen LogP contribution is -2.18. The lowest BCUT2D eigenvalue weighted by molar-refractivity contribution is -0.114. The zero-order valence-corrected chi connectivity index (χ0v) is 12.9. The highest BCUT2D eigenvalue weighted by Gasteiger charge is 2.22. The van der Waals surface area contributed by atoms with Gasteiger partial charge in [0.2, 0.25) is 11.7 Å². The van der Waals surface area contributed by atoms with Crippen molar-refractivity contribution >= 4 is 34.9 Å². The van der Waals surface area contributed by atoms with E-state index in [1.807, 2.05) is 0 Å². The van der Waals surface area contributed by atoms with Crippen LogP contribution in [0.2, 0.25) is 0 Å². The summed E-state index contributed by atoms with van der Waals surface area (Å²) >= 11 is 0. The second kappa shape index (κ2) is 6.37. The minimum Gasteiger partial charge on any atom is -0.507 e. The summed E-state index contributed by atoms with van der Waals surface area (Å²) in [6.45, 7) is 1.44. The molecule has 120 valence electrons. The Balaban J connectivity index is 1.77. The van der Waals surface area contributed by atoms with Gasteiger partial charge in [0.15, 0.2) is 0 Å². The molecule has 0 bridgehead atoms. The van der Waals surface area contributed by atoms with E-state index < -0.39 is 0 Å². The normalized spacial score (nSPS) is 14.4. The van der Waals surface area contributed by atoms with Gasteiger partial charge in [-0.15, -0.1) is 0 Å². The molecule has 0 unspecified atom stereocenters. The van der Waals surface area contributed by atoms with Crippen LogP contribution in [0, 0.1) is 0 Å². The van der Waals surface area contributed by atoms with Crippen LogP contribution in [-0.2, 0) is 4.79 Å². The largest absolute Gasteiger partial charge is 0.507 e. The minimum atomic E-state index is -0.340. The van der Waals surface area contributed by atoms with Crippen LogP contribution in [0.25, 0.3) is 6.08 Å². The number of allylic oxidation sites excluding steroid dienone is 1. The van der Waals surface area contributed by atoms with E-state index in [0.717, 1.165) is 0 Å². The minimum absolute atomic E-state index is 0.0609. The zero-order valence-electron chi connectivity index (χ0n) is 12.9. The van der Waals surface area contributed by atoms with Gasteiger partial charge in [-0.05, 0) is 42.0 Å². The number of anilines is 2. The van der Waals surface area contributed by atoms with Gasteiger partial charge in [-0.25, -0.2) is 0 Å². The van der Waals surface area contributed by atoms with Crippen molar-refractivity contribution in [3.8, 4) is 5.75 Å². The Labute approximate surface area is 138 Å². The van der Waals surface area contributed by atoms with Gasteiger partial charge in [0.1, 0.15) is 11.5 Å². The monoisotopic (exact) mass is 321 g/mol. The average molecular weight is 321 g/mol. The van der Waals surface area contributed by atoms with Crippen LogP contribution in [0.3, 0.4) is 0 Å². The van der Waals surface area contributed by atoms with Gasteiger partial charge in [0.25, 0.3) is 0 Å². The van der Waals surface area contributed by atoms with E-state index in [-0.39, 0.29) is 28.7 Å². The fourth-order valence-electron chi connectivity index (χ4n) is 2.36. The molecule has 0 radical (unpaired) electrons. The summed E-state index contributed by atoms with van der Waals surface area (Å²) in [5.41, 5.74) is 5.26. The molecule has 2 aromatic rings. The molecule has 0 spiro atoms. The molecule has 0 saturated carbocycles. The van der Waals surface area contributed by atoms with E-state index in [1.54, 1.807) is 48.6 Å². The van der Waals surface area contributed by atoms with Gasteiger partial charge in [-0.1, -0.05) is 18.2 Å². The number of carbonyl (C=O) groups is 2. The fraction of sp³-hybridized carbons (Fsp3) is 0.0556. The van der Waals surface area contributed by atoms with E-state index in [1.165, 1.54) is 13.0 Å². The number of amides is 1. The molecule has 0 aliphatic heterocycles. The second-order valence-electron chi connectivity index (χ2n) is 5.27. The van der Waals surface area contributed by atoms with E-state index in [0.29, 0.717) is 16.9 Å². The molecule has 3 rings (SSSR count). The predicted molar refractivity (Wildman–Crippen MR) is 93.3 cm³/mol. The van der Waals surface area contributed by atoms with Gasteiger partial charge in [-0.2, -0.15) is 5.10 Å². The third-order valence-corrected chi connectivity index (χ3v) is 3.47. The number of hydrogen-bond acceptors (Lipinski definition) is 5. The Morgan fingerprint density at radius 3 is 2.46 bits per heavy atom. The summed E-state index contributed by atoms with van der Waals surface area (Å²) in [7, 11) is 0. The number of hydrogen-bond donors (Lipinski definition) is 3. The summed E-state index contributed by atoms with van der Waals surface area (Å²) < 4.78 is 0. The zero-order chi connectivity index (χ0) is 17.1. The van der Waals surface area contributed by atoms with Crippen molar-refractivity contribution < 1.29 is 14.7 Å². The van der Waals surface area contributed by atoms with E-state index in [9.17, 15) is 14.7 Å². The first-order valence-electron chi connectivity index (χ1n) is 7.31. The molecule has 0 aromatic heterocycles. The number of nitrogens with one attached hydrogen (secondary N) is 2. The summed E-state index contributed by atoms with van der Waals surface area (Å²) in [6.07, 6.45) is 3.33. The first kappa shape index (κ1) is 15.5. The Morgan fingerprint density at radius 1 is 1.04 bits per heavy atom. The van der Waals surface area contributed by atoms with E-state index >= 15 is 0 Å². The number of carbonyl (C=O) groups excluding carboxylic acids is 2. The summed E-state index contributed by atoms with van der Waals surface area (Å²) in [5.74, 6) is -0.547. The number of rotatable bonds is 3. The topological polar surface area (TPSA) is 90.8 Å². The number of ketones is 1. The van der Waals surface area contributed by atoms with Crippen molar-refractivity contribution in [3.63, 3.8) is 0 Å². The fourth-order valence-corrected chi connectivity index (χ4v) is 2.36. The van der Waals surface area contributed by atoms with Gasteiger partial charge < -0.3 is 10.4 Å². The van der Waals surface area contributed by atoms with Crippen molar-refractivity contribution in [1.82, 2.24) is 0 Å². The van der Waals surface area contributed by atoms with Gasteiger partial charge in [0.05, 0.1) is 11.3 Å². The van der Waals surface area contributed by atoms with Crippen molar-refractivity contribution in [2.24, 2.45) is 5.10 Å². The maximum atomic E-state index is 12.4. The van der Waals surface area contributed by atoms with E-state index in [2.05, 4.69) is 15.8 Å². The molecule has 1 amide bonds. The van der Waals surface area contributed by atoms with Crippen LogP contribution in [0.4, 0.5) is 11.4 Å². The maximum Gasteiger partial charge on any atom is 0.221 e. The highest BCUT2D eigenvalue weighted by molar-refractivity contribution is 6.52. The highest BCUT2D eigenvalue weighted by atomic mass is 16.3. The summed E-state index contributed by atoms with van der Waals surface area (Å²) in [4.78, 5) is 23.4. The summed E-state index contributed by atoms with van der Waals surface area (Å²) in [5, 5.41) is 16.6. The number of nitrogens with zero attached hydrogens (tertiary/aromatic N) is 1. The van der Waals surface area contributed by atoms with Crippen molar-refractivity contribution in [3.05, 3.63) is 59.7 Å². The lowest BCUT2D eigenvalue weighted by Gasteiger charge is -2.12. The Bertz CT molecular complexity index is 868. The number of phenolic OH excluding ortho intramolecular Hbond substituents is 1. The van der Waals surface area contributed by atoms with Crippen molar-refractivity contribution in [2.75, 3.05) is 10.7 Å². The number of hydrazone groups is 1. The average Bonchev–Trinajstić information content (AvgIpc) is 2.55. The number of phenols is 1. The first-order valence-corrected chi connectivity index (χ1v) is 7.31. The lowest BCUT2D eigenvalue weighted by atomic mass is 9.94. The van der Waals surface area contributed by atoms with Crippen LogP contribution in [0.1, 0.15) is 22.8 Å². The van der Waals surface area contributed by atoms with Crippen molar-refractivity contribution in [1.29, 1.82) is 0 Å². The number of fused-ring (bicyclic) bond motifs is 1. The van der Waals surface area contributed by atoms with E-state index in [4.69, 9.17) is 0 Å². The molecule has 0 saturated heterocycles. The van der Waals surface area contributed by atoms with Gasteiger partial charge in [0, 0.05) is 12.6 Å². The molecule has 3 N–H and O–H groups in total. The third kappa shape index (κ3) is 3.17. The molecule has 2 aromatic carbocycles. The quantitative estimate of drug-likeness (QED) is 0.758. The van der Waals surface area contributed by atoms with Crippen LogP contribution in [0.5, 0.6) is 5.75 Å². The second-order valence-corrected chi connectivity index (χ2v) is 5.27. The Hall–Kier alpha value is -3.41. The van der Waals surface area contributed by atoms with Crippen LogP contribution in [0.15, 0.2) is 53.6 Å². The van der Waals surface area contributed by atoms with Gasteiger partial charge in [-0.3, -0.25) is 15.0 Å². The maximum absolute atomic E-state index is 12.4. The Morgan fingerprint density at radius 2 is 1.75 bits per heavy atom. The van der Waals surface area contributed by atoms with Crippen LogP contribution in [-0.4, -0.2) is 22.5 Å². The molecule has 6 nitrogen and oxygen atoms in total. The standard InChI is InChI=1S/C18H15N3O3/c1-11(22)19-13-6-8-14(9-7-13)20-21-15-10-5-12-3-2-4-16(23)17(12)18(15)24/h2-10,20,23H,1H3,(H,19,22)/b21-15-. The molecule has 6 heteroatoms. The van der Waals surface area contributed by atoms with Crippen molar-refractivity contribution in [2.45, 2.75) is 6.92 Å².